The third kappa shape index (κ3) is 5.08. The summed E-state index contributed by atoms with van der Waals surface area (Å²) in [5.74, 6) is -0.0221. The molecule has 0 aromatic heterocycles. The highest BCUT2D eigenvalue weighted by atomic mass is 32.2. The molecule has 1 amide bonds. The van der Waals surface area contributed by atoms with Crippen molar-refractivity contribution in [1.82, 2.24) is 9.80 Å². The third-order valence-electron chi connectivity index (χ3n) is 5.36. The van der Waals surface area contributed by atoms with Gasteiger partial charge in [-0.15, -0.1) is 11.8 Å². The van der Waals surface area contributed by atoms with Gasteiger partial charge in [0.15, 0.2) is 11.6 Å². The number of thioether (sulfide) groups is 1. The average Bonchev–Trinajstić information content (AvgIpc) is 3.19. The molecule has 0 spiro atoms. The fourth-order valence-electron chi connectivity index (χ4n) is 3.73. The molecule has 2 heterocycles. The minimum atomic E-state index is -0.853. The Balaban J connectivity index is 1.20. The summed E-state index contributed by atoms with van der Waals surface area (Å²) in [6.45, 7) is 4.83. The molecule has 1 fully saturated rings. The van der Waals surface area contributed by atoms with Gasteiger partial charge in [0.1, 0.15) is 5.75 Å². The number of carbonyl (C=O) groups is 1. The summed E-state index contributed by atoms with van der Waals surface area (Å²) < 4.78 is 31.8. The summed E-state index contributed by atoms with van der Waals surface area (Å²) in [6, 6.07) is 10.2. The van der Waals surface area contributed by atoms with E-state index in [9.17, 15) is 13.6 Å². The average molecular weight is 419 g/mol. The molecule has 0 atom stereocenters. The van der Waals surface area contributed by atoms with Crippen LogP contribution in [0, 0.1) is 11.6 Å². The maximum Gasteiger partial charge on any atom is 0.223 e. The Morgan fingerprint density at radius 1 is 1.03 bits per heavy atom. The van der Waals surface area contributed by atoms with Crippen molar-refractivity contribution in [3.8, 4) is 5.75 Å². The van der Waals surface area contributed by atoms with Crippen molar-refractivity contribution in [3.63, 3.8) is 0 Å². The van der Waals surface area contributed by atoms with Crippen LogP contribution in [0.1, 0.15) is 17.5 Å². The molecule has 29 heavy (non-hydrogen) atoms. The van der Waals surface area contributed by atoms with E-state index in [2.05, 4.69) is 23.1 Å². The Morgan fingerprint density at radius 2 is 1.86 bits per heavy atom. The van der Waals surface area contributed by atoms with Crippen LogP contribution >= 0.6 is 11.8 Å². The highest BCUT2D eigenvalue weighted by Gasteiger charge is 2.21. The van der Waals surface area contributed by atoms with Crippen molar-refractivity contribution in [2.24, 2.45) is 0 Å². The molecule has 7 heteroatoms. The zero-order valence-electron chi connectivity index (χ0n) is 16.2. The van der Waals surface area contributed by atoms with Crippen LogP contribution in [0.5, 0.6) is 5.75 Å². The Hall–Kier alpha value is -2.12. The fraction of sp³-hybridized carbons (Fsp3) is 0.409. The zero-order valence-corrected chi connectivity index (χ0v) is 17.0. The van der Waals surface area contributed by atoms with E-state index >= 15 is 0 Å². The van der Waals surface area contributed by atoms with Gasteiger partial charge >= 0.3 is 0 Å². The normalized spacial score (nSPS) is 16.6. The van der Waals surface area contributed by atoms with Gasteiger partial charge in [-0.1, -0.05) is 12.1 Å². The van der Waals surface area contributed by atoms with E-state index in [1.807, 2.05) is 4.90 Å². The lowest BCUT2D eigenvalue weighted by Crippen LogP contribution is -2.48. The lowest BCUT2D eigenvalue weighted by atomic mass is 10.1. The molecule has 2 aromatic carbocycles. The standard InChI is InChI=1S/C22H24F2N2O2S/c23-19-3-2-18(14-20(19)24)29-12-6-22(27)26-9-7-25(8-10-26)15-16-1-4-21-17(13-16)5-11-28-21/h1-4,13-14H,5-12,15H2. The van der Waals surface area contributed by atoms with Crippen LogP contribution in [-0.2, 0) is 17.8 Å². The zero-order chi connectivity index (χ0) is 20.2. The van der Waals surface area contributed by atoms with E-state index in [1.54, 1.807) is 0 Å². The van der Waals surface area contributed by atoms with Crippen LogP contribution in [0.25, 0.3) is 0 Å². The number of piperazine rings is 1. The molecule has 0 bridgehead atoms. The molecule has 0 radical (unpaired) electrons. The Kier molecular flexibility index (Phi) is 6.35. The van der Waals surface area contributed by atoms with Crippen LogP contribution in [0.15, 0.2) is 41.3 Å². The van der Waals surface area contributed by atoms with Gasteiger partial charge in [-0.05, 0) is 35.4 Å². The number of halogens is 2. The third-order valence-corrected chi connectivity index (χ3v) is 6.36. The molecule has 0 saturated carbocycles. The van der Waals surface area contributed by atoms with Crippen LogP contribution < -0.4 is 4.74 Å². The first-order valence-corrected chi connectivity index (χ1v) is 10.9. The molecule has 154 valence electrons. The predicted molar refractivity (Wildman–Crippen MR) is 109 cm³/mol. The number of hydrogen-bond acceptors (Lipinski definition) is 4. The Morgan fingerprint density at radius 3 is 2.66 bits per heavy atom. The van der Waals surface area contributed by atoms with E-state index < -0.39 is 11.6 Å². The first-order chi connectivity index (χ1) is 14.1. The number of carbonyl (C=O) groups excluding carboxylic acids is 1. The first-order valence-electron chi connectivity index (χ1n) is 9.91. The molecule has 1 saturated heterocycles. The predicted octanol–water partition coefficient (Wildman–Crippen LogP) is 3.73. The van der Waals surface area contributed by atoms with Crippen LogP contribution in [-0.4, -0.2) is 54.2 Å². The van der Waals surface area contributed by atoms with Crippen molar-refractivity contribution < 1.29 is 18.3 Å². The van der Waals surface area contributed by atoms with Gasteiger partial charge in [0.05, 0.1) is 6.61 Å². The van der Waals surface area contributed by atoms with Crippen LogP contribution in [0.3, 0.4) is 0 Å². The quantitative estimate of drug-likeness (QED) is 0.670. The summed E-state index contributed by atoms with van der Waals surface area (Å²) >= 11 is 1.37. The SMILES string of the molecule is O=C(CCSc1ccc(F)c(F)c1)N1CCN(Cc2ccc3c(c2)CCO3)CC1. The summed E-state index contributed by atoms with van der Waals surface area (Å²) in [6.07, 6.45) is 1.38. The number of ether oxygens (including phenoxy) is 1. The number of amides is 1. The maximum atomic E-state index is 13.2. The summed E-state index contributed by atoms with van der Waals surface area (Å²) in [7, 11) is 0. The molecule has 4 rings (SSSR count). The monoisotopic (exact) mass is 418 g/mol. The van der Waals surface area contributed by atoms with E-state index in [4.69, 9.17) is 4.74 Å². The van der Waals surface area contributed by atoms with Crippen molar-refractivity contribution in [2.45, 2.75) is 24.3 Å². The number of rotatable bonds is 6. The smallest absolute Gasteiger partial charge is 0.223 e. The van der Waals surface area contributed by atoms with Crippen LogP contribution in [0.2, 0.25) is 0 Å². The van der Waals surface area contributed by atoms with E-state index in [1.165, 1.54) is 35.0 Å². The molecule has 0 unspecified atom stereocenters. The van der Waals surface area contributed by atoms with E-state index in [0.29, 0.717) is 17.1 Å². The van der Waals surface area contributed by atoms with Gasteiger partial charge in [0.2, 0.25) is 5.91 Å². The highest BCUT2D eigenvalue weighted by Crippen LogP contribution is 2.26. The molecule has 2 aliphatic rings. The van der Waals surface area contributed by atoms with Gasteiger partial charge in [0.25, 0.3) is 0 Å². The molecule has 0 aliphatic carbocycles. The number of benzene rings is 2. The largest absolute Gasteiger partial charge is 0.493 e. The van der Waals surface area contributed by atoms with Crippen molar-refractivity contribution in [2.75, 3.05) is 38.5 Å². The highest BCUT2D eigenvalue weighted by molar-refractivity contribution is 7.99. The minimum absolute atomic E-state index is 0.120. The van der Waals surface area contributed by atoms with Gasteiger partial charge in [-0.2, -0.15) is 0 Å². The summed E-state index contributed by atoms with van der Waals surface area (Å²) in [4.78, 5) is 17.4. The second-order valence-electron chi connectivity index (χ2n) is 7.37. The van der Waals surface area contributed by atoms with Gasteiger partial charge in [0, 0.05) is 56.2 Å². The van der Waals surface area contributed by atoms with Crippen molar-refractivity contribution >= 4 is 17.7 Å². The molecule has 2 aromatic rings. The lowest BCUT2D eigenvalue weighted by molar-refractivity contribution is -0.132. The van der Waals surface area contributed by atoms with Crippen molar-refractivity contribution in [1.29, 1.82) is 0 Å². The van der Waals surface area contributed by atoms with Gasteiger partial charge < -0.3 is 9.64 Å². The second-order valence-corrected chi connectivity index (χ2v) is 8.54. The molecule has 0 N–H and O–H groups in total. The van der Waals surface area contributed by atoms with Gasteiger partial charge in [-0.25, -0.2) is 8.78 Å². The van der Waals surface area contributed by atoms with E-state index in [-0.39, 0.29) is 5.91 Å². The topological polar surface area (TPSA) is 32.8 Å². The Labute approximate surface area is 173 Å². The fourth-order valence-corrected chi connectivity index (χ4v) is 4.60. The number of nitrogens with zero attached hydrogens (tertiary/aromatic N) is 2. The minimum Gasteiger partial charge on any atom is -0.493 e. The lowest BCUT2D eigenvalue weighted by Gasteiger charge is -2.35. The molecule has 4 nitrogen and oxygen atoms in total. The second kappa shape index (κ2) is 9.13. The maximum absolute atomic E-state index is 13.2. The van der Waals surface area contributed by atoms with E-state index in [0.717, 1.165) is 57.6 Å². The molecular formula is C22H24F2N2O2S. The summed E-state index contributed by atoms with van der Waals surface area (Å²) in [5.41, 5.74) is 2.58. The summed E-state index contributed by atoms with van der Waals surface area (Å²) in [5, 5.41) is 0. The molecule has 2 aliphatic heterocycles. The van der Waals surface area contributed by atoms with Gasteiger partial charge in [-0.3, -0.25) is 9.69 Å². The number of hydrogen-bond donors (Lipinski definition) is 0. The number of fused-ring (bicyclic) bond motifs is 1. The first kappa shape index (κ1) is 20.2. The van der Waals surface area contributed by atoms with Crippen molar-refractivity contribution in [3.05, 3.63) is 59.2 Å². The van der Waals surface area contributed by atoms with Crippen LogP contribution in [0.4, 0.5) is 8.78 Å². The Bertz CT molecular complexity index is 885. The molecular weight excluding hydrogens is 394 g/mol.